The van der Waals surface area contributed by atoms with Crippen molar-refractivity contribution in [2.24, 2.45) is 7.05 Å². The Labute approximate surface area is 153 Å². The molecule has 0 spiro atoms. The lowest BCUT2D eigenvalue weighted by Gasteiger charge is -2.12. The maximum atomic E-state index is 12.2. The summed E-state index contributed by atoms with van der Waals surface area (Å²) in [4.78, 5) is 8.94. The highest BCUT2D eigenvalue weighted by atomic mass is 32.2. The van der Waals surface area contributed by atoms with E-state index < -0.39 is 10.0 Å². The summed E-state index contributed by atoms with van der Waals surface area (Å²) < 4.78 is 28.5. The van der Waals surface area contributed by atoms with E-state index in [1.54, 1.807) is 24.5 Å². The number of benzene rings is 1. The van der Waals surface area contributed by atoms with Gasteiger partial charge in [-0.2, -0.15) is 0 Å². The highest BCUT2D eigenvalue weighted by Gasteiger charge is 2.16. The topological polar surface area (TPSA) is 88.9 Å². The predicted octanol–water partition coefficient (Wildman–Crippen LogP) is 2.70. The summed E-state index contributed by atoms with van der Waals surface area (Å²) >= 11 is 0. The Morgan fingerprint density at radius 3 is 2.54 bits per heavy atom. The lowest BCUT2D eigenvalue weighted by Crippen LogP contribution is -2.18. The van der Waals surface area contributed by atoms with E-state index in [0.29, 0.717) is 17.1 Å². The summed E-state index contributed by atoms with van der Waals surface area (Å²) in [5.41, 5.74) is 3.24. The van der Waals surface area contributed by atoms with Crippen molar-refractivity contribution >= 4 is 21.5 Å². The number of hydrogen-bond acceptors (Lipinski definition) is 5. The molecule has 136 valence electrons. The zero-order valence-corrected chi connectivity index (χ0v) is 15.7. The van der Waals surface area contributed by atoms with Gasteiger partial charge in [-0.15, -0.1) is 0 Å². The maximum Gasteiger partial charge on any atom is 0.240 e. The number of aryl methyl sites for hydroxylation is 2. The van der Waals surface area contributed by atoms with Crippen molar-refractivity contribution in [3.8, 4) is 11.3 Å². The van der Waals surface area contributed by atoms with Crippen molar-refractivity contribution < 1.29 is 8.42 Å². The summed E-state index contributed by atoms with van der Waals surface area (Å²) in [7, 11) is -0.295. The first-order valence-electron chi connectivity index (χ1n) is 8.21. The Morgan fingerprint density at radius 2 is 1.96 bits per heavy atom. The molecule has 0 aliphatic heterocycles. The van der Waals surface area contributed by atoms with E-state index in [9.17, 15) is 8.42 Å². The summed E-state index contributed by atoms with van der Waals surface area (Å²) in [5, 5.41) is 3.25. The molecule has 0 aliphatic carbocycles. The molecular weight excluding hydrogens is 350 g/mol. The van der Waals surface area contributed by atoms with Gasteiger partial charge in [0, 0.05) is 30.7 Å². The van der Waals surface area contributed by atoms with Gasteiger partial charge in [0.25, 0.3) is 0 Å². The zero-order chi connectivity index (χ0) is 18.7. The fourth-order valence-electron chi connectivity index (χ4n) is 2.53. The normalized spacial score (nSPS) is 11.5. The largest absolute Gasteiger partial charge is 0.340 e. The summed E-state index contributed by atoms with van der Waals surface area (Å²) in [6, 6.07) is 8.80. The molecule has 1 aromatic carbocycles. The lowest BCUT2D eigenvalue weighted by atomic mass is 10.1. The van der Waals surface area contributed by atoms with Crippen LogP contribution in [0.4, 0.5) is 11.5 Å². The number of rotatable bonds is 6. The Balaban J connectivity index is 2.05. The van der Waals surface area contributed by atoms with Gasteiger partial charge in [0.05, 0.1) is 16.9 Å². The van der Waals surface area contributed by atoms with Crippen LogP contribution in [0.1, 0.15) is 12.5 Å². The molecule has 3 rings (SSSR count). The Bertz CT molecular complexity index is 1010. The van der Waals surface area contributed by atoms with E-state index in [2.05, 4.69) is 26.9 Å². The number of nitrogens with zero attached hydrogens (tertiary/aromatic N) is 3. The molecule has 3 aromatic rings. The third kappa shape index (κ3) is 3.76. The average molecular weight is 371 g/mol. The molecule has 0 fully saturated rings. The molecule has 2 aromatic heterocycles. The zero-order valence-electron chi connectivity index (χ0n) is 14.9. The van der Waals surface area contributed by atoms with Crippen LogP contribution in [0.2, 0.25) is 0 Å². The smallest absolute Gasteiger partial charge is 0.240 e. The van der Waals surface area contributed by atoms with Crippen LogP contribution in [0.3, 0.4) is 0 Å². The number of hydrogen-bond donors (Lipinski definition) is 2. The van der Waals surface area contributed by atoms with Crippen molar-refractivity contribution in [3.63, 3.8) is 0 Å². The third-order valence-electron chi connectivity index (χ3n) is 4.05. The van der Waals surface area contributed by atoms with Crippen LogP contribution in [-0.4, -0.2) is 30.0 Å². The molecule has 0 bridgehead atoms. The minimum Gasteiger partial charge on any atom is -0.340 e. The second-order valence-electron chi connectivity index (χ2n) is 5.87. The number of pyridine rings is 1. The predicted molar refractivity (Wildman–Crippen MR) is 102 cm³/mol. The van der Waals surface area contributed by atoms with Gasteiger partial charge < -0.3 is 9.88 Å². The SMILES string of the molecule is CCc1ccc(Nc2ccc(S(=O)(=O)NC)cc2-c2cn(C)cn2)nc1. The summed E-state index contributed by atoms with van der Waals surface area (Å²) in [5.74, 6) is 0.684. The van der Waals surface area contributed by atoms with Gasteiger partial charge in [-0.3, -0.25) is 0 Å². The van der Waals surface area contributed by atoms with E-state index in [0.717, 1.165) is 17.7 Å². The first-order chi connectivity index (χ1) is 12.4. The summed E-state index contributed by atoms with van der Waals surface area (Å²) in [6.07, 6.45) is 6.25. The minimum atomic E-state index is -3.55. The van der Waals surface area contributed by atoms with E-state index >= 15 is 0 Å². The number of aromatic nitrogens is 3. The molecule has 2 N–H and O–H groups in total. The molecule has 0 unspecified atom stereocenters. The van der Waals surface area contributed by atoms with Crippen LogP contribution in [0.5, 0.6) is 0 Å². The van der Waals surface area contributed by atoms with E-state index in [4.69, 9.17) is 0 Å². The quantitative estimate of drug-likeness (QED) is 0.695. The molecule has 0 atom stereocenters. The number of anilines is 2. The van der Waals surface area contributed by atoms with Crippen molar-refractivity contribution in [1.82, 2.24) is 19.3 Å². The monoisotopic (exact) mass is 371 g/mol. The Kier molecular flexibility index (Phi) is 5.06. The molecule has 8 heteroatoms. The van der Waals surface area contributed by atoms with Crippen LogP contribution in [0.25, 0.3) is 11.3 Å². The van der Waals surface area contributed by atoms with Crippen molar-refractivity contribution in [3.05, 3.63) is 54.6 Å². The lowest BCUT2D eigenvalue weighted by molar-refractivity contribution is 0.588. The summed E-state index contributed by atoms with van der Waals surface area (Å²) in [6.45, 7) is 2.07. The minimum absolute atomic E-state index is 0.181. The van der Waals surface area contributed by atoms with Gasteiger partial charge in [0.1, 0.15) is 5.82 Å². The van der Waals surface area contributed by atoms with Crippen LogP contribution in [-0.2, 0) is 23.5 Å². The van der Waals surface area contributed by atoms with Crippen LogP contribution in [0.15, 0.2) is 53.9 Å². The Hall–Kier alpha value is -2.71. The fourth-order valence-corrected chi connectivity index (χ4v) is 3.28. The first kappa shape index (κ1) is 18.1. The molecule has 0 saturated heterocycles. The maximum absolute atomic E-state index is 12.2. The highest BCUT2D eigenvalue weighted by molar-refractivity contribution is 7.89. The standard InChI is InChI=1S/C18H21N5O2S/c1-4-13-5-8-18(20-10-13)22-16-7-6-14(26(24,25)19-2)9-15(16)17-11-23(3)12-21-17/h5-12,19H,4H2,1-3H3,(H,20,22). The first-order valence-corrected chi connectivity index (χ1v) is 9.69. The molecule has 0 aliphatic rings. The van der Waals surface area contributed by atoms with E-state index in [1.165, 1.54) is 7.05 Å². The van der Waals surface area contributed by atoms with Crippen LogP contribution >= 0.6 is 0 Å². The van der Waals surface area contributed by atoms with Crippen molar-refractivity contribution in [1.29, 1.82) is 0 Å². The van der Waals surface area contributed by atoms with E-state index in [1.807, 2.05) is 36.1 Å². The second-order valence-corrected chi connectivity index (χ2v) is 7.76. The van der Waals surface area contributed by atoms with Crippen molar-refractivity contribution in [2.75, 3.05) is 12.4 Å². The van der Waals surface area contributed by atoms with Crippen LogP contribution in [0, 0.1) is 0 Å². The number of nitrogens with one attached hydrogen (secondary N) is 2. The van der Waals surface area contributed by atoms with Crippen molar-refractivity contribution in [2.45, 2.75) is 18.2 Å². The molecule has 7 nitrogen and oxygen atoms in total. The fraction of sp³-hybridized carbons (Fsp3) is 0.222. The van der Waals surface area contributed by atoms with Gasteiger partial charge in [-0.1, -0.05) is 13.0 Å². The number of sulfonamides is 1. The molecule has 0 saturated carbocycles. The molecule has 2 heterocycles. The van der Waals surface area contributed by atoms with Gasteiger partial charge in [0.15, 0.2) is 0 Å². The molecule has 0 radical (unpaired) electrons. The van der Waals surface area contributed by atoms with Gasteiger partial charge in [-0.05, 0) is 43.3 Å². The van der Waals surface area contributed by atoms with E-state index in [-0.39, 0.29) is 4.90 Å². The second kappa shape index (κ2) is 7.27. The molecule has 26 heavy (non-hydrogen) atoms. The average Bonchev–Trinajstić information content (AvgIpc) is 3.08. The Morgan fingerprint density at radius 1 is 1.15 bits per heavy atom. The highest BCUT2D eigenvalue weighted by Crippen LogP contribution is 2.31. The third-order valence-corrected chi connectivity index (χ3v) is 5.46. The van der Waals surface area contributed by atoms with Gasteiger partial charge in [0.2, 0.25) is 10.0 Å². The number of imidazole rings is 1. The van der Waals surface area contributed by atoms with Crippen LogP contribution < -0.4 is 10.0 Å². The van der Waals surface area contributed by atoms with Gasteiger partial charge in [-0.25, -0.2) is 23.1 Å². The van der Waals surface area contributed by atoms with Gasteiger partial charge >= 0.3 is 0 Å². The molecule has 0 amide bonds. The molecular formula is C18H21N5O2S.